The molecule has 0 spiro atoms. The molecule has 2 aromatic carbocycles. The van der Waals surface area contributed by atoms with Gasteiger partial charge in [-0.15, -0.1) is 0 Å². The van der Waals surface area contributed by atoms with E-state index in [1.165, 1.54) is 5.56 Å². The summed E-state index contributed by atoms with van der Waals surface area (Å²) in [5.41, 5.74) is 6.44. The Bertz CT molecular complexity index is 867. The van der Waals surface area contributed by atoms with Gasteiger partial charge >= 0.3 is 0 Å². The van der Waals surface area contributed by atoms with Crippen LogP contribution in [0.2, 0.25) is 5.02 Å². The van der Waals surface area contributed by atoms with E-state index in [0.717, 1.165) is 53.4 Å². The second kappa shape index (κ2) is 7.67. The summed E-state index contributed by atoms with van der Waals surface area (Å²) in [6, 6.07) is 12.2. The summed E-state index contributed by atoms with van der Waals surface area (Å²) in [6.45, 7) is 6.10. The topological polar surface area (TPSA) is 37.3 Å². The second-order valence-corrected chi connectivity index (χ2v) is 7.84. The van der Waals surface area contributed by atoms with Crippen LogP contribution in [0.15, 0.2) is 42.2 Å². The first-order valence-electron chi connectivity index (χ1n) is 9.13. The van der Waals surface area contributed by atoms with Crippen LogP contribution in [0.1, 0.15) is 42.9 Å². The quantitative estimate of drug-likeness (QED) is 0.492. The van der Waals surface area contributed by atoms with Gasteiger partial charge in [-0.1, -0.05) is 29.8 Å². The van der Waals surface area contributed by atoms with E-state index in [4.69, 9.17) is 11.6 Å². The molecule has 0 bridgehead atoms. The van der Waals surface area contributed by atoms with E-state index in [0.29, 0.717) is 10.8 Å². The highest BCUT2D eigenvalue weighted by atomic mass is 35.5. The molecule has 0 aliphatic heterocycles. The Morgan fingerprint density at radius 1 is 1.12 bits per heavy atom. The number of halogens is 1. The van der Waals surface area contributed by atoms with Crippen molar-refractivity contribution in [3.8, 4) is 11.1 Å². The molecule has 0 amide bonds. The van der Waals surface area contributed by atoms with Crippen LogP contribution in [0.4, 0.5) is 0 Å². The summed E-state index contributed by atoms with van der Waals surface area (Å²) in [5.74, 6) is 0.593. The van der Waals surface area contributed by atoms with Crippen molar-refractivity contribution in [3.63, 3.8) is 0 Å². The van der Waals surface area contributed by atoms with Crippen molar-refractivity contribution in [2.45, 2.75) is 40.0 Å². The standard InChI is InChI=1S/C23H25ClO2/c1-14-4-7-18(22-12-20(24)9-5-15(22)2)11-21(14)16(3)23(26)19-8-6-17(10-19)13-25/h4-5,7,9,11-13,17,19,26H,6,8,10H2,1-3H3/b23-16-/t17-,19+/m1/s1. The van der Waals surface area contributed by atoms with E-state index in [9.17, 15) is 9.90 Å². The van der Waals surface area contributed by atoms with Gasteiger partial charge in [-0.05, 0) is 91.6 Å². The van der Waals surface area contributed by atoms with Crippen molar-refractivity contribution >= 4 is 23.5 Å². The zero-order valence-electron chi connectivity index (χ0n) is 15.6. The molecule has 3 heteroatoms. The van der Waals surface area contributed by atoms with Crippen LogP contribution < -0.4 is 0 Å². The number of carbonyl (C=O) groups is 1. The summed E-state index contributed by atoms with van der Waals surface area (Å²) in [7, 11) is 0. The summed E-state index contributed by atoms with van der Waals surface area (Å²) >= 11 is 6.19. The predicted octanol–water partition coefficient (Wildman–Crippen LogP) is 6.53. The van der Waals surface area contributed by atoms with E-state index >= 15 is 0 Å². The third-order valence-electron chi connectivity index (χ3n) is 5.59. The van der Waals surface area contributed by atoms with Crippen LogP contribution >= 0.6 is 11.6 Å². The SMILES string of the molecule is C/C(=C(/O)[C@H]1CC[C@@H](C=O)C1)c1cc(-c2cc(Cl)ccc2C)ccc1C. The molecule has 26 heavy (non-hydrogen) atoms. The molecule has 2 atom stereocenters. The van der Waals surface area contributed by atoms with Crippen molar-refractivity contribution < 1.29 is 9.90 Å². The number of aliphatic hydroxyl groups is 1. The molecule has 0 aromatic heterocycles. The van der Waals surface area contributed by atoms with Gasteiger partial charge in [-0.3, -0.25) is 0 Å². The number of hydrogen-bond acceptors (Lipinski definition) is 2. The second-order valence-electron chi connectivity index (χ2n) is 7.41. The molecule has 2 aromatic rings. The number of aliphatic hydroxyl groups excluding tert-OH is 1. The molecule has 1 N–H and O–H groups in total. The lowest BCUT2D eigenvalue weighted by molar-refractivity contribution is -0.110. The van der Waals surface area contributed by atoms with Crippen LogP contribution in [0.3, 0.4) is 0 Å². The number of rotatable bonds is 4. The fraction of sp³-hybridized carbons (Fsp3) is 0.348. The van der Waals surface area contributed by atoms with E-state index in [1.54, 1.807) is 0 Å². The highest BCUT2D eigenvalue weighted by Crippen LogP contribution is 2.38. The average molecular weight is 369 g/mol. The van der Waals surface area contributed by atoms with Gasteiger partial charge < -0.3 is 9.90 Å². The van der Waals surface area contributed by atoms with Crippen molar-refractivity contribution in [1.29, 1.82) is 0 Å². The lowest BCUT2D eigenvalue weighted by Gasteiger charge is -2.16. The van der Waals surface area contributed by atoms with Gasteiger partial charge in [0.15, 0.2) is 0 Å². The van der Waals surface area contributed by atoms with Crippen LogP contribution in [0.5, 0.6) is 0 Å². The number of allylic oxidation sites excluding steroid dienone is 2. The third-order valence-corrected chi connectivity index (χ3v) is 5.82. The van der Waals surface area contributed by atoms with Crippen molar-refractivity contribution in [2.24, 2.45) is 11.8 Å². The van der Waals surface area contributed by atoms with Crippen LogP contribution in [0.25, 0.3) is 16.7 Å². The minimum absolute atomic E-state index is 0.0801. The lowest BCUT2D eigenvalue weighted by atomic mass is 9.91. The lowest BCUT2D eigenvalue weighted by Crippen LogP contribution is -2.04. The van der Waals surface area contributed by atoms with Crippen LogP contribution in [0, 0.1) is 25.7 Å². The number of hydrogen-bond donors (Lipinski definition) is 1. The van der Waals surface area contributed by atoms with Crippen molar-refractivity contribution in [2.75, 3.05) is 0 Å². The van der Waals surface area contributed by atoms with Gasteiger partial charge in [-0.25, -0.2) is 0 Å². The smallest absolute Gasteiger partial charge is 0.123 e. The highest BCUT2D eigenvalue weighted by Gasteiger charge is 2.28. The normalized spacial score (nSPS) is 20.8. The molecule has 3 rings (SSSR count). The molecule has 1 fully saturated rings. The Kier molecular flexibility index (Phi) is 5.52. The van der Waals surface area contributed by atoms with Gasteiger partial charge in [0, 0.05) is 16.9 Å². The fourth-order valence-electron chi connectivity index (χ4n) is 3.93. The zero-order chi connectivity index (χ0) is 18.8. The monoisotopic (exact) mass is 368 g/mol. The molecule has 0 heterocycles. The first-order valence-corrected chi connectivity index (χ1v) is 9.51. The number of aryl methyl sites for hydroxylation is 2. The van der Waals surface area contributed by atoms with Crippen LogP contribution in [-0.2, 0) is 4.79 Å². The first-order chi connectivity index (χ1) is 12.4. The van der Waals surface area contributed by atoms with Gasteiger partial charge in [0.2, 0.25) is 0 Å². The number of carbonyl (C=O) groups excluding carboxylic acids is 1. The van der Waals surface area contributed by atoms with Crippen molar-refractivity contribution in [1.82, 2.24) is 0 Å². The Balaban J connectivity index is 2.01. The minimum Gasteiger partial charge on any atom is -0.512 e. The average Bonchev–Trinajstić information content (AvgIpc) is 3.12. The third kappa shape index (κ3) is 3.71. The molecular formula is C23H25ClO2. The molecule has 1 saturated carbocycles. The van der Waals surface area contributed by atoms with Gasteiger partial charge in [0.05, 0.1) is 5.76 Å². The van der Waals surface area contributed by atoms with E-state index in [1.807, 2.05) is 25.1 Å². The Labute approximate surface area is 160 Å². The maximum absolute atomic E-state index is 11.0. The van der Waals surface area contributed by atoms with Crippen LogP contribution in [-0.4, -0.2) is 11.4 Å². The number of aldehydes is 1. The Morgan fingerprint density at radius 3 is 2.54 bits per heavy atom. The minimum atomic E-state index is 0.0801. The van der Waals surface area contributed by atoms with E-state index in [-0.39, 0.29) is 11.8 Å². The number of benzene rings is 2. The maximum atomic E-state index is 11.0. The highest BCUT2D eigenvalue weighted by molar-refractivity contribution is 6.30. The Morgan fingerprint density at radius 2 is 1.85 bits per heavy atom. The molecule has 2 nitrogen and oxygen atoms in total. The molecular weight excluding hydrogens is 344 g/mol. The van der Waals surface area contributed by atoms with Crippen molar-refractivity contribution in [3.05, 3.63) is 63.9 Å². The van der Waals surface area contributed by atoms with E-state index in [2.05, 4.69) is 32.0 Å². The molecule has 136 valence electrons. The first kappa shape index (κ1) is 18.7. The molecule has 0 radical (unpaired) electrons. The molecule has 1 aliphatic rings. The summed E-state index contributed by atoms with van der Waals surface area (Å²) in [5, 5.41) is 11.5. The molecule has 1 aliphatic carbocycles. The summed E-state index contributed by atoms with van der Waals surface area (Å²) < 4.78 is 0. The van der Waals surface area contributed by atoms with E-state index < -0.39 is 0 Å². The van der Waals surface area contributed by atoms with Gasteiger partial charge in [0.25, 0.3) is 0 Å². The molecule has 0 saturated heterocycles. The largest absolute Gasteiger partial charge is 0.512 e. The fourth-order valence-corrected chi connectivity index (χ4v) is 4.10. The van der Waals surface area contributed by atoms with Gasteiger partial charge in [0.1, 0.15) is 6.29 Å². The maximum Gasteiger partial charge on any atom is 0.123 e. The summed E-state index contributed by atoms with van der Waals surface area (Å²) in [4.78, 5) is 11.0. The van der Waals surface area contributed by atoms with Gasteiger partial charge in [-0.2, -0.15) is 0 Å². The molecule has 0 unspecified atom stereocenters. The summed E-state index contributed by atoms with van der Waals surface area (Å²) in [6.07, 6.45) is 3.51. The zero-order valence-corrected chi connectivity index (χ0v) is 16.3. The Hall–Kier alpha value is -2.06. The predicted molar refractivity (Wildman–Crippen MR) is 108 cm³/mol.